The minimum Gasteiger partial charge on any atom is -0.346 e. The average molecular weight is 348 g/mol. The third-order valence-electron chi connectivity index (χ3n) is 4.21. The molecule has 1 aliphatic rings. The summed E-state index contributed by atoms with van der Waals surface area (Å²) >= 11 is 0. The highest BCUT2D eigenvalue weighted by atomic mass is 32.2. The van der Waals surface area contributed by atoms with Gasteiger partial charge in [-0.05, 0) is 25.5 Å². The minimum atomic E-state index is -3.07. The standard InChI is InChI=1S/C16H20N4O3S/c1-3-13-17-7-8-20(13)14-5-4-12(10-18-14)15(21)19-16(2)6-9-24(22,23)11-16/h4-5,7-8,10H,3,6,9,11H2,1-2H3,(H,19,21). The van der Waals surface area contributed by atoms with Crippen molar-refractivity contribution < 1.29 is 13.2 Å². The summed E-state index contributed by atoms with van der Waals surface area (Å²) in [6.07, 6.45) is 6.25. The van der Waals surface area contributed by atoms with Gasteiger partial charge in [0.1, 0.15) is 11.6 Å². The van der Waals surface area contributed by atoms with Crippen molar-refractivity contribution in [1.29, 1.82) is 0 Å². The smallest absolute Gasteiger partial charge is 0.253 e. The van der Waals surface area contributed by atoms with Gasteiger partial charge >= 0.3 is 0 Å². The number of amides is 1. The largest absolute Gasteiger partial charge is 0.346 e. The van der Waals surface area contributed by atoms with Gasteiger partial charge in [-0.3, -0.25) is 9.36 Å². The van der Waals surface area contributed by atoms with Crippen LogP contribution in [0.4, 0.5) is 0 Å². The molecule has 1 atom stereocenters. The molecule has 0 bridgehead atoms. The first-order valence-corrected chi connectivity index (χ1v) is 9.66. The van der Waals surface area contributed by atoms with Crippen molar-refractivity contribution in [3.63, 3.8) is 0 Å². The van der Waals surface area contributed by atoms with Crippen molar-refractivity contribution in [3.05, 3.63) is 42.1 Å². The Labute approximate surface area is 141 Å². The summed E-state index contributed by atoms with van der Waals surface area (Å²) in [6, 6.07) is 3.44. The molecule has 0 saturated carbocycles. The topological polar surface area (TPSA) is 94.0 Å². The fourth-order valence-corrected chi connectivity index (χ4v) is 5.02. The second kappa shape index (κ2) is 6.01. The lowest BCUT2D eigenvalue weighted by Gasteiger charge is -2.23. The van der Waals surface area contributed by atoms with Crippen LogP contribution in [0.25, 0.3) is 5.82 Å². The molecule has 1 unspecified atom stereocenters. The molecule has 128 valence electrons. The highest BCUT2D eigenvalue weighted by Gasteiger charge is 2.39. The van der Waals surface area contributed by atoms with Gasteiger partial charge in [0.15, 0.2) is 9.84 Å². The molecule has 0 radical (unpaired) electrons. The fraction of sp³-hybridized carbons (Fsp3) is 0.438. The molecule has 1 saturated heterocycles. The van der Waals surface area contributed by atoms with E-state index in [1.165, 1.54) is 6.20 Å². The minimum absolute atomic E-state index is 0.0217. The molecule has 24 heavy (non-hydrogen) atoms. The van der Waals surface area contributed by atoms with Crippen molar-refractivity contribution >= 4 is 15.7 Å². The van der Waals surface area contributed by atoms with E-state index in [0.29, 0.717) is 17.8 Å². The van der Waals surface area contributed by atoms with Crippen LogP contribution >= 0.6 is 0 Å². The molecule has 1 amide bonds. The number of nitrogens with one attached hydrogen (secondary N) is 1. The molecular formula is C16H20N4O3S. The molecule has 0 spiro atoms. The second-order valence-corrected chi connectivity index (χ2v) is 8.51. The first-order chi connectivity index (χ1) is 11.3. The van der Waals surface area contributed by atoms with Crippen LogP contribution in [-0.2, 0) is 16.3 Å². The first-order valence-electron chi connectivity index (χ1n) is 7.83. The maximum Gasteiger partial charge on any atom is 0.253 e. The number of hydrogen-bond donors (Lipinski definition) is 1. The van der Waals surface area contributed by atoms with Crippen LogP contribution in [0, 0.1) is 0 Å². The van der Waals surface area contributed by atoms with Gasteiger partial charge in [0.25, 0.3) is 5.91 Å². The Morgan fingerprint density at radius 1 is 1.38 bits per heavy atom. The van der Waals surface area contributed by atoms with E-state index in [1.807, 2.05) is 17.7 Å². The van der Waals surface area contributed by atoms with Crippen LogP contribution in [0.2, 0.25) is 0 Å². The number of aromatic nitrogens is 3. The van der Waals surface area contributed by atoms with Gasteiger partial charge in [-0.25, -0.2) is 18.4 Å². The zero-order chi connectivity index (χ0) is 17.4. The number of hydrogen-bond acceptors (Lipinski definition) is 5. The highest BCUT2D eigenvalue weighted by Crippen LogP contribution is 2.23. The molecule has 1 N–H and O–H groups in total. The lowest BCUT2D eigenvalue weighted by Crippen LogP contribution is -2.46. The molecule has 3 heterocycles. The number of rotatable bonds is 4. The van der Waals surface area contributed by atoms with Crippen LogP contribution in [0.15, 0.2) is 30.7 Å². The van der Waals surface area contributed by atoms with E-state index in [-0.39, 0.29) is 17.4 Å². The van der Waals surface area contributed by atoms with E-state index in [4.69, 9.17) is 0 Å². The van der Waals surface area contributed by atoms with E-state index >= 15 is 0 Å². The number of carbonyl (C=O) groups excluding carboxylic acids is 1. The van der Waals surface area contributed by atoms with E-state index in [1.54, 1.807) is 25.3 Å². The van der Waals surface area contributed by atoms with Crippen LogP contribution in [0.3, 0.4) is 0 Å². The van der Waals surface area contributed by atoms with Crippen molar-refractivity contribution in [2.75, 3.05) is 11.5 Å². The Balaban J connectivity index is 1.75. The van der Waals surface area contributed by atoms with Gasteiger partial charge in [-0.1, -0.05) is 6.92 Å². The second-order valence-electron chi connectivity index (χ2n) is 6.33. The third kappa shape index (κ3) is 3.33. The molecule has 8 heteroatoms. The Morgan fingerprint density at radius 2 is 2.17 bits per heavy atom. The SMILES string of the molecule is CCc1nccn1-c1ccc(C(=O)NC2(C)CCS(=O)(=O)C2)cn1. The lowest BCUT2D eigenvalue weighted by molar-refractivity contribution is 0.0915. The number of pyridine rings is 1. The van der Waals surface area contributed by atoms with Crippen LogP contribution in [0.1, 0.15) is 36.5 Å². The predicted molar refractivity (Wildman–Crippen MR) is 89.9 cm³/mol. The Bertz CT molecular complexity index is 858. The summed E-state index contributed by atoms with van der Waals surface area (Å²) in [5, 5.41) is 2.83. The summed E-state index contributed by atoms with van der Waals surface area (Å²) in [5.41, 5.74) is -0.309. The van der Waals surface area contributed by atoms with Crippen LogP contribution in [0.5, 0.6) is 0 Å². The van der Waals surface area contributed by atoms with E-state index in [2.05, 4.69) is 15.3 Å². The van der Waals surface area contributed by atoms with E-state index in [9.17, 15) is 13.2 Å². The van der Waals surface area contributed by atoms with Crippen LogP contribution < -0.4 is 5.32 Å². The molecule has 2 aromatic heterocycles. The number of aryl methyl sites for hydroxylation is 1. The quantitative estimate of drug-likeness (QED) is 0.894. The van der Waals surface area contributed by atoms with Gasteiger partial charge in [0.2, 0.25) is 0 Å². The van der Waals surface area contributed by atoms with Crippen LogP contribution in [-0.4, -0.2) is 45.9 Å². The summed E-state index contributed by atoms with van der Waals surface area (Å²) < 4.78 is 25.1. The number of imidazole rings is 1. The fourth-order valence-electron chi connectivity index (χ4n) is 2.92. The molecule has 2 aromatic rings. The van der Waals surface area contributed by atoms with Crippen molar-refractivity contribution in [1.82, 2.24) is 19.9 Å². The lowest BCUT2D eigenvalue weighted by atomic mass is 10.0. The molecule has 0 aromatic carbocycles. The summed E-state index contributed by atoms with van der Waals surface area (Å²) in [7, 11) is -3.07. The average Bonchev–Trinajstić information content (AvgIpc) is 3.11. The maximum absolute atomic E-state index is 12.4. The van der Waals surface area contributed by atoms with Gasteiger partial charge in [0, 0.05) is 25.0 Å². The van der Waals surface area contributed by atoms with E-state index < -0.39 is 15.4 Å². The molecule has 7 nitrogen and oxygen atoms in total. The normalized spacial score (nSPS) is 22.4. The molecule has 3 rings (SSSR count). The zero-order valence-electron chi connectivity index (χ0n) is 13.7. The van der Waals surface area contributed by atoms with Crippen molar-refractivity contribution in [2.24, 2.45) is 0 Å². The molecule has 1 fully saturated rings. The summed E-state index contributed by atoms with van der Waals surface area (Å²) in [5.74, 6) is 1.36. The first kappa shape index (κ1) is 16.6. The summed E-state index contributed by atoms with van der Waals surface area (Å²) in [4.78, 5) is 20.9. The predicted octanol–water partition coefficient (Wildman–Crippen LogP) is 1.14. The van der Waals surface area contributed by atoms with Gasteiger partial charge in [-0.15, -0.1) is 0 Å². The zero-order valence-corrected chi connectivity index (χ0v) is 14.5. The molecule has 1 aliphatic heterocycles. The van der Waals surface area contributed by atoms with Crippen molar-refractivity contribution in [2.45, 2.75) is 32.2 Å². The van der Waals surface area contributed by atoms with E-state index in [0.717, 1.165) is 12.2 Å². The number of nitrogens with zero attached hydrogens (tertiary/aromatic N) is 3. The Hall–Kier alpha value is -2.22. The Kier molecular flexibility index (Phi) is 4.16. The summed E-state index contributed by atoms with van der Waals surface area (Å²) in [6.45, 7) is 3.77. The number of sulfone groups is 1. The van der Waals surface area contributed by atoms with Gasteiger partial charge < -0.3 is 5.32 Å². The number of carbonyl (C=O) groups is 1. The molecule has 0 aliphatic carbocycles. The molecular weight excluding hydrogens is 328 g/mol. The van der Waals surface area contributed by atoms with Gasteiger partial charge in [-0.2, -0.15) is 0 Å². The monoisotopic (exact) mass is 348 g/mol. The third-order valence-corrected chi connectivity index (χ3v) is 6.11. The van der Waals surface area contributed by atoms with Crippen molar-refractivity contribution in [3.8, 4) is 5.82 Å². The maximum atomic E-state index is 12.4. The van der Waals surface area contributed by atoms with Gasteiger partial charge in [0.05, 0.1) is 22.6 Å². The Morgan fingerprint density at radius 3 is 2.75 bits per heavy atom. The highest BCUT2D eigenvalue weighted by molar-refractivity contribution is 7.91.